The highest BCUT2D eigenvalue weighted by atomic mass is 35.5. The second-order valence-corrected chi connectivity index (χ2v) is 6.23. The smallest absolute Gasteiger partial charge is 0.0268 e. The fourth-order valence-corrected chi connectivity index (χ4v) is 4.26. The number of rotatable bonds is 4. The molecule has 0 saturated heterocycles. The van der Waals surface area contributed by atoms with E-state index in [4.69, 9.17) is 11.6 Å². The molecule has 17 heavy (non-hydrogen) atoms. The van der Waals surface area contributed by atoms with Crippen molar-refractivity contribution in [1.82, 2.24) is 0 Å². The lowest BCUT2D eigenvalue weighted by atomic mass is 10.4. The summed E-state index contributed by atoms with van der Waals surface area (Å²) in [4.78, 5) is 0. The molecule has 0 aliphatic heterocycles. The normalized spacial score (nSPS) is 10.0. The Labute approximate surface area is 111 Å². The Morgan fingerprint density at radius 3 is 1.53 bits per heavy atom. The molecule has 0 nitrogen and oxygen atoms in total. The van der Waals surface area contributed by atoms with Crippen LogP contribution in [0.4, 0.5) is 0 Å². The van der Waals surface area contributed by atoms with Crippen molar-refractivity contribution in [3.63, 3.8) is 0 Å². The quantitative estimate of drug-likeness (QED) is 0.450. The molecule has 2 aromatic rings. The van der Waals surface area contributed by atoms with Crippen molar-refractivity contribution in [3.8, 4) is 0 Å². The summed E-state index contributed by atoms with van der Waals surface area (Å²) >= 11 is 5.91. The minimum absolute atomic E-state index is 0. The molecule has 0 fully saturated rings. The predicted octanol–water partition coefficient (Wildman–Crippen LogP) is 2.98. The molecule has 2 rings (SSSR count). The fourth-order valence-electron chi connectivity index (χ4n) is 1.71. The van der Waals surface area contributed by atoms with Gasteiger partial charge in [-0.15, -0.1) is 11.6 Å². The Bertz CT molecular complexity index is 379. The largest absolute Gasteiger partial charge is 0.126 e. The molecule has 0 aromatic heterocycles. The van der Waals surface area contributed by atoms with Gasteiger partial charge in [0, 0.05) is 14.3 Å². The highest BCUT2D eigenvalue weighted by Crippen LogP contribution is 2.32. The van der Waals surface area contributed by atoms with Crippen LogP contribution >= 0.6 is 19.5 Å². The van der Waals surface area contributed by atoms with E-state index in [1.54, 1.807) is 0 Å². The van der Waals surface area contributed by atoms with Crippen molar-refractivity contribution >= 4 is 38.5 Å². The second-order valence-electron chi connectivity index (χ2n) is 3.51. The first kappa shape index (κ1) is 14.3. The first-order valence-electron chi connectivity index (χ1n) is 5.35. The van der Waals surface area contributed by atoms with Gasteiger partial charge in [0.05, 0.1) is 0 Å². The van der Waals surface area contributed by atoms with Gasteiger partial charge in [0.25, 0.3) is 0 Å². The molecule has 85 valence electrons. The van der Waals surface area contributed by atoms with E-state index in [0.29, 0.717) is 0 Å². The van der Waals surface area contributed by atoms with Gasteiger partial charge in [0.15, 0.2) is 0 Å². The minimum Gasteiger partial charge on any atom is -0.126 e. The minimum atomic E-state index is -0.283. The molecule has 0 bridgehead atoms. The van der Waals surface area contributed by atoms with Gasteiger partial charge in [-0.2, -0.15) is 0 Å². The second kappa shape index (κ2) is 7.53. The van der Waals surface area contributed by atoms with E-state index in [0.717, 1.165) is 12.0 Å². The van der Waals surface area contributed by atoms with Gasteiger partial charge in [-0.05, 0) is 24.7 Å². The van der Waals surface area contributed by atoms with Gasteiger partial charge in [0.2, 0.25) is 0 Å². The van der Waals surface area contributed by atoms with E-state index >= 15 is 0 Å². The average Bonchev–Trinajstić information content (AvgIpc) is 2.38. The zero-order chi connectivity index (χ0) is 11.2. The van der Waals surface area contributed by atoms with Crippen LogP contribution in [0, 0.1) is 0 Å². The van der Waals surface area contributed by atoms with E-state index in [-0.39, 0.29) is 16.3 Å². The molecule has 0 amide bonds. The van der Waals surface area contributed by atoms with E-state index in [2.05, 4.69) is 60.7 Å². The third-order valence-electron chi connectivity index (χ3n) is 2.44. The van der Waals surface area contributed by atoms with E-state index in [1.807, 2.05) is 0 Å². The molecule has 2 aromatic carbocycles. The van der Waals surface area contributed by atoms with Gasteiger partial charge in [-0.25, -0.2) is 0 Å². The maximum absolute atomic E-state index is 5.91. The summed E-state index contributed by atoms with van der Waals surface area (Å²) in [6, 6.07) is 21.3. The van der Waals surface area contributed by atoms with Crippen LogP contribution in [0.25, 0.3) is 0 Å². The Hall–Kier alpha value is -0.775. The van der Waals surface area contributed by atoms with Crippen LogP contribution in [0.15, 0.2) is 60.7 Å². The zero-order valence-electron chi connectivity index (χ0n) is 9.59. The van der Waals surface area contributed by atoms with E-state index < -0.39 is 0 Å². The molecule has 0 aliphatic carbocycles. The van der Waals surface area contributed by atoms with Crippen LogP contribution in [-0.4, -0.2) is 20.5 Å². The molecule has 0 atom stereocenters. The van der Waals surface area contributed by atoms with Gasteiger partial charge >= 0.3 is 0 Å². The zero-order valence-corrected chi connectivity index (χ0v) is 11.2. The summed E-state index contributed by atoms with van der Waals surface area (Å²) in [5, 5.41) is 2.81. The van der Waals surface area contributed by atoms with Crippen LogP contribution < -0.4 is 10.6 Å². The lowest BCUT2D eigenvalue weighted by molar-refractivity contribution is 1.51. The Morgan fingerprint density at radius 1 is 0.765 bits per heavy atom. The molecule has 3 radical (unpaired) electrons. The van der Waals surface area contributed by atoms with Crippen molar-refractivity contribution < 1.29 is 0 Å². The molecular weight excluding hydrogens is 245 g/mol. The first-order valence-corrected chi connectivity index (χ1v) is 7.41. The monoisotopic (exact) mass is 259 g/mol. The summed E-state index contributed by atoms with van der Waals surface area (Å²) in [5.41, 5.74) is 0. The standard InChI is InChI=1S/C14H14ClP.B/c15-11-12-16(13-7-3-1-4-8-13)14-9-5-2-6-10-14;/h1-10H,11-12H2;. The summed E-state index contributed by atoms with van der Waals surface area (Å²) < 4.78 is 0. The number of halogens is 1. The SMILES string of the molecule is ClCCP(c1ccccc1)c1ccccc1.[B]. The van der Waals surface area contributed by atoms with Crippen molar-refractivity contribution in [3.05, 3.63) is 60.7 Å². The van der Waals surface area contributed by atoms with Crippen molar-refractivity contribution in [2.45, 2.75) is 0 Å². The summed E-state index contributed by atoms with van der Waals surface area (Å²) in [7, 11) is -0.283. The molecule has 0 unspecified atom stereocenters. The Morgan fingerprint density at radius 2 is 1.18 bits per heavy atom. The van der Waals surface area contributed by atoms with Gasteiger partial charge < -0.3 is 0 Å². The summed E-state index contributed by atoms with van der Waals surface area (Å²) in [5.74, 6) is 0.718. The van der Waals surface area contributed by atoms with Crippen molar-refractivity contribution in [1.29, 1.82) is 0 Å². The number of alkyl halides is 1. The maximum atomic E-state index is 5.91. The summed E-state index contributed by atoms with van der Waals surface area (Å²) in [6.07, 6.45) is 1.05. The highest BCUT2D eigenvalue weighted by molar-refractivity contribution is 7.73. The predicted molar refractivity (Wildman–Crippen MR) is 80.4 cm³/mol. The molecule has 0 heterocycles. The average molecular weight is 260 g/mol. The third kappa shape index (κ3) is 3.87. The molecule has 0 spiro atoms. The van der Waals surface area contributed by atoms with E-state index in [9.17, 15) is 0 Å². The highest BCUT2D eigenvalue weighted by Gasteiger charge is 2.11. The van der Waals surface area contributed by atoms with E-state index in [1.165, 1.54) is 10.6 Å². The van der Waals surface area contributed by atoms with Gasteiger partial charge in [0.1, 0.15) is 0 Å². The Kier molecular flexibility index (Phi) is 6.33. The molecule has 0 saturated carbocycles. The van der Waals surface area contributed by atoms with Crippen LogP contribution in [-0.2, 0) is 0 Å². The van der Waals surface area contributed by atoms with Crippen LogP contribution in [0.3, 0.4) is 0 Å². The molecular formula is C14H14BClP. The molecule has 0 N–H and O–H groups in total. The number of benzene rings is 2. The van der Waals surface area contributed by atoms with Gasteiger partial charge in [-0.3, -0.25) is 0 Å². The van der Waals surface area contributed by atoms with Crippen LogP contribution in [0.1, 0.15) is 0 Å². The number of hydrogen-bond donors (Lipinski definition) is 0. The topological polar surface area (TPSA) is 0 Å². The van der Waals surface area contributed by atoms with Crippen molar-refractivity contribution in [2.75, 3.05) is 12.0 Å². The van der Waals surface area contributed by atoms with Crippen molar-refractivity contribution in [2.24, 2.45) is 0 Å². The lowest BCUT2D eigenvalue weighted by Gasteiger charge is -2.17. The maximum Gasteiger partial charge on any atom is 0.0268 e. The third-order valence-corrected chi connectivity index (χ3v) is 5.41. The summed E-state index contributed by atoms with van der Waals surface area (Å²) in [6.45, 7) is 0. The fraction of sp³-hybridized carbons (Fsp3) is 0.143. The lowest BCUT2D eigenvalue weighted by Crippen LogP contribution is -2.14. The van der Waals surface area contributed by atoms with Crippen LogP contribution in [0.5, 0.6) is 0 Å². The van der Waals surface area contributed by atoms with Crippen LogP contribution in [0.2, 0.25) is 0 Å². The molecule has 3 heteroatoms. The Balaban J connectivity index is 0.00000144. The van der Waals surface area contributed by atoms with Gasteiger partial charge in [-0.1, -0.05) is 60.7 Å². The number of hydrogen-bond acceptors (Lipinski definition) is 0. The first-order chi connectivity index (χ1) is 7.92. The molecule has 0 aliphatic rings.